The zero-order valence-corrected chi connectivity index (χ0v) is 15.9. The van der Waals surface area contributed by atoms with Crippen molar-refractivity contribution in [3.05, 3.63) is 77.4 Å². The van der Waals surface area contributed by atoms with Gasteiger partial charge in [0.25, 0.3) is 0 Å². The molecular weight excluding hydrogens is 366 g/mol. The van der Waals surface area contributed by atoms with Crippen LogP contribution < -0.4 is 19.5 Å². The fourth-order valence-electron chi connectivity index (χ4n) is 3.90. The minimum atomic E-state index is -0.105. The van der Waals surface area contributed by atoms with E-state index in [0.29, 0.717) is 24.7 Å². The van der Waals surface area contributed by atoms with E-state index in [1.54, 1.807) is 0 Å². The van der Waals surface area contributed by atoms with Gasteiger partial charge >= 0.3 is 0 Å². The first-order valence-electron chi connectivity index (χ1n) is 9.83. The van der Waals surface area contributed by atoms with Crippen molar-refractivity contribution in [3.8, 4) is 23.0 Å². The van der Waals surface area contributed by atoms with Crippen LogP contribution in [0.3, 0.4) is 0 Å². The van der Waals surface area contributed by atoms with Gasteiger partial charge in [-0.05, 0) is 30.3 Å². The lowest BCUT2D eigenvalue weighted by atomic mass is 9.97. The Labute approximate surface area is 169 Å². The summed E-state index contributed by atoms with van der Waals surface area (Å²) < 4.78 is 17.5. The van der Waals surface area contributed by atoms with Crippen LogP contribution in [0, 0.1) is 0 Å². The average Bonchev–Trinajstić information content (AvgIpc) is 3.39. The molecule has 5 rings (SSSR count). The van der Waals surface area contributed by atoms with Gasteiger partial charge in [-0.2, -0.15) is 0 Å². The number of hydrogen-bond acceptors (Lipinski definition) is 4. The number of benzene rings is 3. The molecule has 0 unspecified atom stereocenters. The topological polar surface area (TPSA) is 56.8 Å². The first-order valence-corrected chi connectivity index (χ1v) is 9.83. The maximum Gasteiger partial charge on any atom is 0.229 e. The maximum atomic E-state index is 12.9. The third kappa shape index (κ3) is 3.51. The van der Waals surface area contributed by atoms with Crippen LogP contribution in [0.15, 0.2) is 60.7 Å². The van der Waals surface area contributed by atoms with Gasteiger partial charge in [-0.1, -0.05) is 30.3 Å². The highest BCUT2D eigenvalue weighted by Crippen LogP contribution is 2.41. The minimum absolute atomic E-state index is 0.105. The monoisotopic (exact) mass is 387 g/mol. The van der Waals surface area contributed by atoms with E-state index in [1.165, 1.54) is 0 Å². The molecule has 146 valence electrons. The van der Waals surface area contributed by atoms with Crippen molar-refractivity contribution in [2.45, 2.75) is 19.3 Å². The van der Waals surface area contributed by atoms with Crippen LogP contribution in [0.5, 0.6) is 23.0 Å². The van der Waals surface area contributed by atoms with Crippen molar-refractivity contribution in [1.82, 2.24) is 0 Å². The lowest BCUT2D eigenvalue weighted by molar-refractivity contribution is -0.115. The molecule has 0 atom stereocenters. The Morgan fingerprint density at radius 1 is 0.966 bits per heavy atom. The number of nitrogens with one attached hydrogen (secondary N) is 1. The summed E-state index contributed by atoms with van der Waals surface area (Å²) in [6.45, 7) is 1.31. The van der Waals surface area contributed by atoms with Gasteiger partial charge in [-0.25, -0.2) is 0 Å². The summed E-state index contributed by atoms with van der Waals surface area (Å²) in [6, 6.07) is 19.0. The number of carbonyl (C=O) groups is 1. The molecule has 5 nitrogen and oxygen atoms in total. The Morgan fingerprint density at radius 2 is 1.76 bits per heavy atom. The smallest absolute Gasteiger partial charge is 0.229 e. The van der Waals surface area contributed by atoms with E-state index in [0.717, 1.165) is 46.8 Å². The highest BCUT2D eigenvalue weighted by molar-refractivity contribution is 5.94. The lowest BCUT2D eigenvalue weighted by Crippen LogP contribution is -2.16. The molecule has 2 heterocycles. The Hall–Kier alpha value is -3.47. The summed E-state index contributed by atoms with van der Waals surface area (Å²) in [5.74, 6) is 2.98. The standard InChI is InChI=1S/C24H21NO4/c26-23(15-19-18-11-13-27-22(18)14-16-10-12-28-24(16)19)25-20-8-4-5-9-21(20)29-17-6-2-1-3-7-17/h1-9,14H,10-13,15H2,(H,25,26). The van der Waals surface area contributed by atoms with E-state index in [9.17, 15) is 4.79 Å². The Bertz CT molecular complexity index is 1030. The van der Waals surface area contributed by atoms with Gasteiger partial charge in [0.15, 0.2) is 5.75 Å². The third-order valence-corrected chi connectivity index (χ3v) is 5.23. The summed E-state index contributed by atoms with van der Waals surface area (Å²) in [4.78, 5) is 12.9. The Morgan fingerprint density at radius 3 is 2.66 bits per heavy atom. The highest BCUT2D eigenvalue weighted by atomic mass is 16.5. The molecule has 1 N–H and O–H groups in total. The molecule has 0 saturated carbocycles. The highest BCUT2D eigenvalue weighted by Gasteiger charge is 2.27. The minimum Gasteiger partial charge on any atom is -0.493 e. The van der Waals surface area contributed by atoms with Gasteiger partial charge < -0.3 is 19.5 Å². The first kappa shape index (κ1) is 17.6. The number of hydrogen-bond donors (Lipinski definition) is 1. The number of amides is 1. The zero-order chi connectivity index (χ0) is 19.6. The molecule has 0 aliphatic carbocycles. The molecular formula is C24H21NO4. The van der Waals surface area contributed by atoms with Gasteiger partial charge in [0, 0.05) is 29.5 Å². The van der Waals surface area contributed by atoms with Crippen LogP contribution in [-0.2, 0) is 24.1 Å². The normalized spacial score (nSPS) is 13.8. The van der Waals surface area contributed by atoms with E-state index >= 15 is 0 Å². The summed E-state index contributed by atoms with van der Waals surface area (Å²) in [7, 11) is 0. The summed E-state index contributed by atoms with van der Waals surface area (Å²) in [5, 5.41) is 3.00. The predicted molar refractivity (Wildman–Crippen MR) is 110 cm³/mol. The molecule has 0 aromatic heterocycles. The molecule has 0 spiro atoms. The van der Waals surface area contributed by atoms with Crippen LogP contribution >= 0.6 is 0 Å². The number of anilines is 1. The predicted octanol–water partition coefficient (Wildman–Crippen LogP) is 4.53. The van der Waals surface area contributed by atoms with Crippen LogP contribution in [0.1, 0.15) is 16.7 Å². The molecule has 0 saturated heterocycles. The molecule has 2 aliphatic heterocycles. The van der Waals surface area contributed by atoms with Crippen LogP contribution in [0.25, 0.3) is 0 Å². The molecule has 3 aromatic carbocycles. The molecule has 0 bridgehead atoms. The fraction of sp³-hybridized carbons (Fsp3) is 0.208. The SMILES string of the molecule is O=C(Cc1c2c(cc3c1OCC3)OCC2)Nc1ccccc1Oc1ccccc1. The van der Waals surface area contributed by atoms with Crippen molar-refractivity contribution in [2.24, 2.45) is 0 Å². The Kier molecular flexibility index (Phi) is 4.56. The molecule has 5 heteroatoms. The molecule has 0 fully saturated rings. The van der Waals surface area contributed by atoms with Crippen molar-refractivity contribution < 1.29 is 19.0 Å². The maximum absolute atomic E-state index is 12.9. The van der Waals surface area contributed by atoms with E-state index in [1.807, 2.05) is 54.6 Å². The van der Waals surface area contributed by atoms with Crippen LogP contribution in [-0.4, -0.2) is 19.1 Å². The molecule has 1 amide bonds. The largest absolute Gasteiger partial charge is 0.493 e. The number of rotatable bonds is 5. The fourth-order valence-corrected chi connectivity index (χ4v) is 3.90. The van der Waals surface area contributed by atoms with Gasteiger partial charge in [0.1, 0.15) is 17.2 Å². The lowest BCUT2D eigenvalue weighted by Gasteiger charge is -2.15. The van der Waals surface area contributed by atoms with Crippen LogP contribution in [0.2, 0.25) is 0 Å². The summed E-state index contributed by atoms with van der Waals surface area (Å²) in [5.41, 5.74) is 3.81. The van der Waals surface area contributed by atoms with E-state index < -0.39 is 0 Å². The number of ether oxygens (including phenoxy) is 3. The number of para-hydroxylation sites is 3. The summed E-state index contributed by atoms with van der Waals surface area (Å²) >= 11 is 0. The number of carbonyl (C=O) groups excluding carboxylic acids is 1. The third-order valence-electron chi connectivity index (χ3n) is 5.23. The molecule has 3 aromatic rings. The zero-order valence-electron chi connectivity index (χ0n) is 15.9. The molecule has 0 radical (unpaired) electrons. The molecule has 29 heavy (non-hydrogen) atoms. The summed E-state index contributed by atoms with van der Waals surface area (Å²) in [6.07, 6.45) is 1.91. The number of fused-ring (bicyclic) bond motifs is 2. The second-order valence-electron chi connectivity index (χ2n) is 7.15. The molecule has 2 aliphatic rings. The quantitative estimate of drug-likeness (QED) is 0.699. The van der Waals surface area contributed by atoms with Gasteiger partial charge in [0.05, 0.1) is 25.3 Å². The second-order valence-corrected chi connectivity index (χ2v) is 7.15. The van der Waals surface area contributed by atoms with Crippen molar-refractivity contribution in [3.63, 3.8) is 0 Å². The van der Waals surface area contributed by atoms with Crippen molar-refractivity contribution in [1.29, 1.82) is 0 Å². The van der Waals surface area contributed by atoms with Crippen molar-refractivity contribution in [2.75, 3.05) is 18.5 Å². The van der Waals surface area contributed by atoms with E-state index in [2.05, 4.69) is 11.4 Å². The van der Waals surface area contributed by atoms with Gasteiger partial charge in [0.2, 0.25) is 5.91 Å². The van der Waals surface area contributed by atoms with Crippen molar-refractivity contribution >= 4 is 11.6 Å². The van der Waals surface area contributed by atoms with E-state index in [-0.39, 0.29) is 12.3 Å². The van der Waals surface area contributed by atoms with E-state index in [4.69, 9.17) is 14.2 Å². The van der Waals surface area contributed by atoms with Gasteiger partial charge in [-0.3, -0.25) is 4.79 Å². The second kappa shape index (κ2) is 7.51. The van der Waals surface area contributed by atoms with Crippen LogP contribution in [0.4, 0.5) is 5.69 Å². The van der Waals surface area contributed by atoms with Gasteiger partial charge in [-0.15, -0.1) is 0 Å². The first-order chi connectivity index (χ1) is 14.3. The Balaban J connectivity index is 1.38. The average molecular weight is 387 g/mol.